The molecule has 0 spiro atoms. The molecule has 0 unspecified atom stereocenters. The molecule has 0 saturated carbocycles. The molecule has 1 fully saturated rings. The molecule has 2 rings (SSSR count). The highest BCUT2D eigenvalue weighted by Crippen LogP contribution is 2.33. The third-order valence-electron chi connectivity index (χ3n) is 3.44. The molecule has 1 saturated heterocycles. The molecular weight excluding hydrogens is 230 g/mol. The van der Waals surface area contributed by atoms with Gasteiger partial charge in [-0.3, -0.25) is 4.90 Å². The summed E-state index contributed by atoms with van der Waals surface area (Å²) in [4.78, 5) is 2.27. The molecular formula is C14H21NO3. The second-order valence-corrected chi connectivity index (χ2v) is 4.67. The molecule has 0 amide bonds. The molecule has 1 aliphatic rings. The molecule has 0 radical (unpaired) electrons. The van der Waals surface area contributed by atoms with Crippen LogP contribution in [0.2, 0.25) is 0 Å². The van der Waals surface area contributed by atoms with E-state index in [9.17, 15) is 5.11 Å². The maximum absolute atomic E-state index is 9.84. The van der Waals surface area contributed by atoms with Crippen molar-refractivity contribution in [1.82, 2.24) is 4.90 Å². The Morgan fingerprint density at radius 2 is 2.22 bits per heavy atom. The van der Waals surface area contributed by atoms with E-state index in [4.69, 9.17) is 9.47 Å². The van der Waals surface area contributed by atoms with Gasteiger partial charge < -0.3 is 14.6 Å². The lowest BCUT2D eigenvalue weighted by atomic mass is 10.0. The Morgan fingerprint density at radius 3 is 2.94 bits per heavy atom. The maximum atomic E-state index is 9.84. The van der Waals surface area contributed by atoms with Crippen LogP contribution in [0.15, 0.2) is 24.3 Å². The quantitative estimate of drug-likeness (QED) is 0.860. The first-order valence-corrected chi connectivity index (χ1v) is 6.29. The van der Waals surface area contributed by atoms with Crippen LogP contribution in [-0.4, -0.2) is 50.0 Å². The molecule has 1 aromatic carbocycles. The molecule has 2 atom stereocenters. The number of hydrogen-bond acceptors (Lipinski definition) is 4. The van der Waals surface area contributed by atoms with E-state index in [-0.39, 0.29) is 12.1 Å². The highest BCUT2D eigenvalue weighted by molar-refractivity contribution is 5.31. The van der Waals surface area contributed by atoms with E-state index in [0.717, 1.165) is 18.7 Å². The van der Waals surface area contributed by atoms with Crippen LogP contribution < -0.4 is 4.74 Å². The van der Waals surface area contributed by atoms with Crippen molar-refractivity contribution in [3.8, 4) is 5.75 Å². The van der Waals surface area contributed by atoms with E-state index < -0.39 is 0 Å². The van der Waals surface area contributed by atoms with Gasteiger partial charge in [-0.15, -0.1) is 0 Å². The van der Waals surface area contributed by atoms with Gasteiger partial charge in [-0.1, -0.05) is 12.1 Å². The van der Waals surface area contributed by atoms with Crippen molar-refractivity contribution in [3.05, 3.63) is 29.8 Å². The summed E-state index contributed by atoms with van der Waals surface area (Å²) in [7, 11) is 3.37. The fraction of sp³-hybridized carbons (Fsp3) is 0.571. The summed E-state index contributed by atoms with van der Waals surface area (Å²) < 4.78 is 10.4. The molecule has 1 aromatic rings. The minimum absolute atomic E-state index is 0.252. The minimum atomic E-state index is -0.252. The Hall–Kier alpha value is -1.10. The van der Waals surface area contributed by atoms with E-state index in [0.29, 0.717) is 13.2 Å². The number of likely N-dealkylation sites (tertiary alicyclic amines) is 1. The van der Waals surface area contributed by atoms with Gasteiger partial charge in [0.05, 0.1) is 19.8 Å². The lowest BCUT2D eigenvalue weighted by Crippen LogP contribution is -2.28. The normalized spacial score (nSPS) is 24.4. The number of rotatable bonds is 5. The molecule has 100 valence electrons. The number of benzene rings is 1. The first-order valence-electron chi connectivity index (χ1n) is 6.29. The lowest BCUT2D eigenvalue weighted by molar-refractivity contribution is 0.130. The summed E-state index contributed by atoms with van der Waals surface area (Å²) in [5.74, 6) is 0.862. The van der Waals surface area contributed by atoms with E-state index >= 15 is 0 Å². The largest absolute Gasteiger partial charge is 0.497 e. The van der Waals surface area contributed by atoms with Crippen molar-refractivity contribution in [1.29, 1.82) is 0 Å². The van der Waals surface area contributed by atoms with Gasteiger partial charge in [0.15, 0.2) is 0 Å². The Labute approximate surface area is 108 Å². The third kappa shape index (κ3) is 3.02. The number of ether oxygens (including phenoxy) is 2. The molecule has 18 heavy (non-hydrogen) atoms. The smallest absolute Gasteiger partial charge is 0.119 e. The molecule has 4 heteroatoms. The zero-order chi connectivity index (χ0) is 13.0. The zero-order valence-electron chi connectivity index (χ0n) is 11.0. The molecule has 4 nitrogen and oxygen atoms in total. The molecule has 1 heterocycles. The Morgan fingerprint density at radius 1 is 1.39 bits per heavy atom. The summed E-state index contributed by atoms with van der Waals surface area (Å²) in [6.07, 6.45) is 0.523. The second kappa shape index (κ2) is 6.18. The average molecular weight is 251 g/mol. The standard InChI is InChI=1S/C14H21NO3/c1-17-7-6-15-10-12(16)9-14(15)11-4-3-5-13(8-11)18-2/h3-5,8,12,14,16H,6-7,9-10H2,1-2H3/t12-,14+/m1/s1. The molecule has 0 aromatic heterocycles. The van der Waals surface area contributed by atoms with Crippen molar-refractivity contribution in [2.45, 2.75) is 18.6 Å². The highest BCUT2D eigenvalue weighted by Gasteiger charge is 2.31. The average Bonchev–Trinajstić information content (AvgIpc) is 2.77. The molecule has 0 bridgehead atoms. The van der Waals surface area contributed by atoms with Crippen molar-refractivity contribution in [2.75, 3.05) is 33.9 Å². The number of hydrogen-bond donors (Lipinski definition) is 1. The Bertz CT molecular complexity index is 383. The number of nitrogens with zero attached hydrogens (tertiary/aromatic N) is 1. The van der Waals surface area contributed by atoms with E-state index in [1.807, 2.05) is 18.2 Å². The maximum Gasteiger partial charge on any atom is 0.119 e. The van der Waals surface area contributed by atoms with Gasteiger partial charge in [-0.2, -0.15) is 0 Å². The van der Waals surface area contributed by atoms with Gasteiger partial charge in [0, 0.05) is 26.2 Å². The van der Waals surface area contributed by atoms with Gasteiger partial charge in [-0.25, -0.2) is 0 Å². The topological polar surface area (TPSA) is 41.9 Å². The molecule has 0 aliphatic carbocycles. The summed E-state index contributed by atoms with van der Waals surface area (Å²) in [6.45, 7) is 2.24. The van der Waals surface area contributed by atoms with Crippen LogP contribution in [0, 0.1) is 0 Å². The van der Waals surface area contributed by atoms with Crippen LogP contribution in [0.1, 0.15) is 18.0 Å². The summed E-state index contributed by atoms with van der Waals surface area (Å²) in [5, 5.41) is 9.84. The number of methoxy groups -OCH3 is 2. The molecule has 1 aliphatic heterocycles. The van der Waals surface area contributed by atoms with Crippen LogP contribution in [0.4, 0.5) is 0 Å². The third-order valence-corrected chi connectivity index (χ3v) is 3.44. The Kier molecular flexibility index (Phi) is 4.58. The fourth-order valence-corrected chi connectivity index (χ4v) is 2.53. The van der Waals surface area contributed by atoms with Crippen molar-refractivity contribution in [2.24, 2.45) is 0 Å². The predicted molar refractivity (Wildman–Crippen MR) is 69.8 cm³/mol. The van der Waals surface area contributed by atoms with E-state index in [1.165, 1.54) is 5.56 Å². The van der Waals surface area contributed by atoms with Crippen molar-refractivity contribution >= 4 is 0 Å². The van der Waals surface area contributed by atoms with Crippen LogP contribution in [0.3, 0.4) is 0 Å². The number of aliphatic hydroxyl groups excluding tert-OH is 1. The second-order valence-electron chi connectivity index (χ2n) is 4.67. The first-order chi connectivity index (χ1) is 8.74. The SMILES string of the molecule is COCCN1C[C@H](O)C[C@H]1c1cccc(OC)c1. The van der Waals surface area contributed by atoms with Gasteiger partial charge in [-0.05, 0) is 24.1 Å². The van der Waals surface area contributed by atoms with Gasteiger partial charge >= 0.3 is 0 Å². The summed E-state index contributed by atoms with van der Waals surface area (Å²) in [5.41, 5.74) is 1.20. The van der Waals surface area contributed by atoms with Crippen LogP contribution >= 0.6 is 0 Å². The van der Waals surface area contributed by atoms with Crippen molar-refractivity contribution < 1.29 is 14.6 Å². The van der Waals surface area contributed by atoms with Gasteiger partial charge in [0.1, 0.15) is 5.75 Å². The van der Waals surface area contributed by atoms with E-state index in [2.05, 4.69) is 11.0 Å². The predicted octanol–water partition coefficient (Wildman–Crippen LogP) is 1.45. The number of aliphatic hydroxyl groups is 1. The summed E-state index contributed by atoms with van der Waals surface area (Å²) >= 11 is 0. The van der Waals surface area contributed by atoms with E-state index in [1.54, 1.807) is 14.2 Å². The monoisotopic (exact) mass is 251 g/mol. The Balaban J connectivity index is 2.13. The van der Waals surface area contributed by atoms with Crippen LogP contribution in [0.5, 0.6) is 5.75 Å². The minimum Gasteiger partial charge on any atom is -0.497 e. The van der Waals surface area contributed by atoms with Crippen LogP contribution in [-0.2, 0) is 4.74 Å². The number of β-amino-alcohol motifs (C(OH)–C–C–N with tert-alkyl or cyclic N) is 1. The van der Waals surface area contributed by atoms with Crippen LogP contribution in [0.25, 0.3) is 0 Å². The van der Waals surface area contributed by atoms with Crippen molar-refractivity contribution in [3.63, 3.8) is 0 Å². The highest BCUT2D eigenvalue weighted by atomic mass is 16.5. The zero-order valence-corrected chi connectivity index (χ0v) is 11.0. The van der Waals surface area contributed by atoms with Gasteiger partial charge in [0.2, 0.25) is 0 Å². The first kappa shape index (κ1) is 13.3. The molecule has 1 N–H and O–H groups in total. The fourth-order valence-electron chi connectivity index (χ4n) is 2.53. The van der Waals surface area contributed by atoms with Gasteiger partial charge in [0.25, 0.3) is 0 Å². The summed E-state index contributed by atoms with van der Waals surface area (Å²) in [6, 6.07) is 8.32. The lowest BCUT2D eigenvalue weighted by Gasteiger charge is -2.24.